The van der Waals surface area contributed by atoms with Crippen molar-refractivity contribution < 1.29 is 0 Å². The third-order valence-electron chi connectivity index (χ3n) is 8.60. The van der Waals surface area contributed by atoms with Crippen molar-refractivity contribution in [2.75, 3.05) is 10.2 Å². The highest BCUT2D eigenvalue weighted by Gasteiger charge is 2.14. The number of rotatable bonds is 8. The second-order valence-corrected chi connectivity index (χ2v) is 11.6. The lowest BCUT2D eigenvalue weighted by atomic mass is 9.90. The number of hydrogen-bond donors (Lipinski definition) is 1. The largest absolute Gasteiger partial charge is 0.362 e. The molecule has 2 unspecified atom stereocenters. The fraction of sp³-hybridized carbons (Fsp3) is 0.0698. The van der Waals surface area contributed by atoms with Crippen LogP contribution in [0.5, 0.6) is 0 Å². The van der Waals surface area contributed by atoms with Crippen molar-refractivity contribution in [2.45, 2.75) is 6.92 Å². The van der Waals surface area contributed by atoms with Crippen LogP contribution in [0.2, 0.25) is 0 Å². The molecule has 1 aliphatic carbocycles. The molecule has 45 heavy (non-hydrogen) atoms. The van der Waals surface area contributed by atoms with Crippen molar-refractivity contribution in [1.82, 2.24) is 0 Å². The Morgan fingerprint density at radius 3 is 1.69 bits per heavy atom. The Kier molecular flexibility index (Phi) is 8.11. The fourth-order valence-electron chi connectivity index (χ4n) is 5.99. The summed E-state index contributed by atoms with van der Waals surface area (Å²) in [6.07, 6.45) is 13.0. The smallest absolute Gasteiger partial charge is 0.0468 e. The zero-order chi connectivity index (χ0) is 30.4. The molecule has 2 nitrogen and oxygen atoms in total. The molecule has 0 bridgehead atoms. The summed E-state index contributed by atoms with van der Waals surface area (Å²) in [6, 6.07) is 52.1. The second kappa shape index (κ2) is 13.0. The van der Waals surface area contributed by atoms with Gasteiger partial charge in [-0.2, -0.15) is 0 Å². The first-order valence-corrected chi connectivity index (χ1v) is 15.6. The molecule has 2 heteroatoms. The van der Waals surface area contributed by atoms with Gasteiger partial charge >= 0.3 is 0 Å². The molecule has 0 heterocycles. The Bertz CT molecular complexity index is 1970. The molecule has 1 aliphatic rings. The monoisotopic (exact) mass is 580 g/mol. The van der Waals surface area contributed by atoms with Gasteiger partial charge in [0.05, 0.1) is 0 Å². The van der Waals surface area contributed by atoms with Gasteiger partial charge in [-0.05, 0) is 93.7 Å². The van der Waals surface area contributed by atoms with E-state index in [0.29, 0.717) is 11.8 Å². The molecule has 2 atom stereocenters. The molecule has 0 aliphatic heterocycles. The summed E-state index contributed by atoms with van der Waals surface area (Å²) >= 11 is 0. The van der Waals surface area contributed by atoms with Crippen LogP contribution in [0.1, 0.15) is 6.92 Å². The van der Waals surface area contributed by atoms with Gasteiger partial charge in [-0.25, -0.2) is 0 Å². The minimum Gasteiger partial charge on any atom is -0.362 e. The normalized spacial score (nSPS) is 15.8. The number of nitrogens with one attached hydrogen (secondary N) is 1. The van der Waals surface area contributed by atoms with Crippen LogP contribution in [0.15, 0.2) is 182 Å². The van der Waals surface area contributed by atoms with E-state index in [4.69, 9.17) is 0 Å². The van der Waals surface area contributed by atoms with Gasteiger partial charge in [0.1, 0.15) is 0 Å². The van der Waals surface area contributed by atoms with Crippen LogP contribution < -0.4 is 10.2 Å². The quantitative estimate of drug-likeness (QED) is 0.193. The number of allylic oxidation sites excluding steroid dienone is 5. The van der Waals surface area contributed by atoms with Crippen molar-refractivity contribution in [3.05, 3.63) is 182 Å². The van der Waals surface area contributed by atoms with E-state index in [2.05, 4.69) is 199 Å². The molecule has 0 aromatic heterocycles. The Labute approximate surface area is 266 Å². The van der Waals surface area contributed by atoms with Gasteiger partial charge in [0.2, 0.25) is 0 Å². The van der Waals surface area contributed by atoms with Gasteiger partial charge in [-0.3, -0.25) is 0 Å². The first-order chi connectivity index (χ1) is 22.2. The third kappa shape index (κ3) is 6.37. The molecule has 0 radical (unpaired) electrons. The summed E-state index contributed by atoms with van der Waals surface area (Å²) in [6.45, 7) is 2.25. The topological polar surface area (TPSA) is 15.3 Å². The minimum atomic E-state index is 0.427. The summed E-state index contributed by atoms with van der Waals surface area (Å²) < 4.78 is 0. The van der Waals surface area contributed by atoms with Gasteiger partial charge in [0.15, 0.2) is 0 Å². The maximum Gasteiger partial charge on any atom is 0.0468 e. The Morgan fingerprint density at radius 2 is 1.04 bits per heavy atom. The average molecular weight is 581 g/mol. The lowest BCUT2D eigenvalue weighted by Crippen LogP contribution is -2.09. The number of fused-ring (bicyclic) bond motifs is 1. The Balaban J connectivity index is 1.14. The summed E-state index contributed by atoms with van der Waals surface area (Å²) in [5.41, 5.74) is 9.25. The molecule has 0 spiro atoms. The van der Waals surface area contributed by atoms with Crippen molar-refractivity contribution in [2.24, 2.45) is 11.8 Å². The summed E-state index contributed by atoms with van der Waals surface area (Å²) in [4.78, 5) is 2.34. The van der Waals surface area contributed by atoms with Crippen molar-refractivity contribution in [1.29, 1.82) is 0 Å². The van der Waals surface area contributed by atoms with Crippen LogP contribution in [-0.4, -0.2) is 0 Å². The van der Waals surface area contributed by atoms with E-state index in [9.17, 15) is 0 Å². The number of hydrogen-bond acceptors (Lipinski definition) is 2. The van der Waals surface area contributed by atoms with Crippen LogP contribution in [0, 0.1) is 11.8 Å². The number of benzene rings is 6. The van der Waals surface area contributed by atoms with Crippen molar-refractivity contribution in [3.8, 4) is 22.3 Å². The lowest BCUT2D eigenvalue weighted by Gasteiger charge is -2.26. The maximum absolute atomic E-state index is 3.43. The molecule has 218 valence electrons. The zero-order valence-electron chi connectivity index (χ0n) is 25.4. The molecule has 0 fully saturated rings. The number of nitrogens with zero attached hydrogens (tertiary/aromatic N) is 1. The molecule has 6 aromatic rings. The zero-order valence-corrected chi connectivity index (χ0v) is 25.4. The lowest BCUT2D eigenvalue weighted by molar-refractivity contribution is 0.605. The predicted molar refractivity (Wildman–Crippen MR) is 193 cm³/mol. The highest BCUT2D eigenvalue weighted by atomic mass is 15.1. The van der Waals surface area contributed by atoms with Crippen molar-refractivity contribution >= 4 is 33.5 Å². The summed E-state index contributed by atoms with van der Waals surface area (Å²) in [5, 5.41) is 5.90. The Morgan fingerprint density at radius 1 is 0.511 bits per heavy atom. The highest BCUT2D eigenvalue weighted by molar-refractivity contribution is 5.89. The summed E-state index contributed by atoms with van der Waals surface area (Å²) in [5.74, 6) is 0.945. The summed E-state index contributed by atoms with van der Waals surface area (Å²) in [7, 11) is 0. The SMILES string of the molecule is CC1C=CC=CC1/C=C\Nc1ccc(-c2ccc(N(c3ccc(-c4ccccc4)cc3)c3ccc4ccccc4c3)cc2)cc1. The predicted octanol–water partition coefficient (Wildman–Crippen LogP) is 11.9. The van der Waals surface area contributed by atoms with Gasteiger partial charge in [-0.1, -0.05) is 134 Å². The molecular formula is C43H36N2. The van der Waals surface area contributed by atoms with E-state index in [-0.39, 0.29) is 0 Å². The molecular weight excluding hydrogens is 544 g/mol. The minimum absolute atomic E-state index is 0.427. The van der Waals surface area contributed by atoms with Crippen LogP contribution in [0.3, 0.4) is 0 Å². The Hall–Kier alpha value is -5.60. The second-order valence-electron chi connectivity index (χ2n) is 11.6. The molecule has 1 N–H and O–H groups in total. The molecule has 0 amide bonds. The highest BCUT2D eigenvalue weighted by Crippen LogP contribution is 2.38. The van der Waals surface area contributed by atoms with Crippen LogP contribution in [0.4, 0.5) is 22.7 Å². The maximum atomic E-state index is 3.43. The van der Waals surface area contributed by atoms with E-state index in [1.165, 1.54) is 33.0 Å². The van der Waals surface area contributed by atoms with E-state index in [0.717, 1.165) is 22.7 Å². The molecule has 0 saturated carbocycles. The van der Waals surface area contributed by atoms with Gasteiger partial charge in [0, 0.05) is 28.7 Å². The first-order valence-electron chi connectivity index (χ1n) is 15.6. The fourth-order valence-corrected chi connectivity index (χ4v) is 5.99. The van der Waals surface area contributed by atoms with Crippen LogP contribution in [-0.2, 0) is 0 Å². The molecule has 7 rings (SSSR count). The van der Waals surface area contributed by atoms with Gasteiger partial charge in [0.25, 0.3) is 0 Å². The number of anilines is 4. The standard InChI is InChI=1S/C43H36N2/c1-32-9-5-6-10-33(32)29-30-44-40-22-15-36(16-23-40)38-19-26-42(27-20-38)45(43-28-21-35-13-7-8-14-39(35)31-43)41-24-17-37(18-25-41)34-11-3-2-4-12-34/h2-33,44H,1H3/b30-29-. The van der Waals surface area contributed by atoms with Crippen LogP contribution >= 0.6 is 0 Å². The van der Waals surface area contributed by atoms with E-state index >= 15 is 0 Å². The van der Waals surface area contributed by atoms with Crippen molar-refractivity contribution in [3.63, 3.8) is 0 Å². The van der Waals surface area contributed by atoms with Gasteiger partial charge in [-0.15, -0.1) is 0 Å². The average Bonchev–Trinajstić information content (AvgIpc) is 3.10. The van der Waals surface area contributed by atoms with E-state index in [1.807, 2.05) is 0 Å². The molecule has 6 aromatic carbocycles. The first kappa shape index (κ1) is 28.2. The molecule has 0 saturated heterocycles. The third-order valence-corrected chi connectivity index (χ3v) is 8.60. The van der Waals surface area contributed by atoms with Gasteiger partial charge < -0.3 is 10.2 Å². The van der Waals surface area contributed by atoms with E-state index < -0.39 is 0 Å². The van der Waals surface area contributed by atoms with Crippen LogP contribution in [0.25, 0.3) is 33.0 Å². The van der Waals surface area contributed by atoms with E-state index in [1.54, 1.807) is 0 Å².